The zero-order valence-corrected chi connectivity index (χ0v) is 14.2. The van der Waals surface area contributed by atoms with E-state index in [1.165, 1.54) is 12.8 Å². The van der Waals surface area contributed by atoms with Gasteiger partial charge in [0.25, 0.3) is 0 Å². The quantitative estimate of drug-likeness (QED) is 0.586. The number of rotatable bonds is 2. The molecule has 1 aromatic carbocycles. The number of benzene rings is 1. The van der Waals surface area contributed by atoms with Crippen molar-refractivity contribution in [3.8, 4) is 11.1 Å². The second kappa shape index (κ2) is 5.58. The summed E-state index contributed by atoms with van der Waals surface area (Å²) in [6, 6.07) is 6.24. The molecule has 1 saturated heterocycles. The first kappa shape index (κ1) is 14.5. The van der Waals surface area contributed by atoms with Crippen LogP contribution >= 0.6 is 0 Å². The summed E-state index contributed by atoms with van der Waals surface area (Å²) in [4.78, 5) is 14.8. The molecule has 0 amide bonds. The van der Waals surface area contributed by atoms with Gasteiger partial charge in [0.2, 0.25) is 0 Å². The smallest absolute Gasteiger partial charge is 0.143 e. The van der Waals surface area contributed by atoms with Crippen LogP contribution in [0.3, 0.4) is 0 Å². The predicted molar refractivity (Wildman–Crippen MR) is 99.6 cm³/mol. The second-order valence-corrected chi connectivity index (χ2v) is 6.95. The highest BCUT2D eigenvalue weighted by molar-refractivity contribution is 6.07. The van der Waals surface area contributed by atoms with Gasteiger partial charge in [0.05, 0.1) is 17.1 Å². The lowest BCUT2D eigenvalue weighted by Gasteiger charge is -2.32. The normalized spacial score (nSPS) is 18.3. The maximum absolute atomic E-state index is 4.66. The summed E-state index contributed by atoms with van der Waals surface area (Å²) in [7, 11) is 0. The van der Waals surface area contributed by atoms with Gasteiger partial charge in [-0.2, -0.15) is 5.10 Å². The summed E-state index contributed by atoms with van der Waals surface area (Å²) in [5, 5.41) is 9.47. The number of fused-ring (bicyclic) bond motifs is 2. The highest BCUT2D eigenvalue weighted by Crippen LogP contribution is 2.37. The maximum Gasteiger partial charge on any atom is 0.143 e. The Kier molecular flexibility index (Phi) is 3.23. The number of anilines is 1. The van der Waals surface area contributed by atoms with E-state index >= 15 is 0 Å². The van der Waals surface area contributed by atoms with E-state index in [0.717, 1.165) is 52.0 Å². The third-order valence-corrected chi connectivity index (χ3v) is 5.18. The molecule has 126 valence electrons. The van der Waals surface area contributed by atoms with Crippen LogP contribution in [-0.2, 0) is 0 Å². The molecule has 1 fully saturated rings. The Labute approximate surface area is 145 Å². The number of nitrogens with one attached hydrogen (secondary N) is 2. The molecule has 0 saturated carbocycles. The van der Waals surface area contributed by atoms with Gasteiger partial charge >= 0.3 is 0 Å². The first-order valence-electron chi connectivity index (χ1n) is 8.81. The summed E-state index contributed by atoms with van der Waals surface area (Å²) in [5.41, 5.74) is 4.21. The fourth-order valence-corrected chi connectivity index (χ4v) is 3.98. The van der Waals surface area contributed by atoms with Gasteiger partial charge in [-0.3, -0.25) is 5.10 Å². The Morgan fingerprint density at radius 2 is 2.16 bits per heavy atom. The Balaban J connectivity index is 1.73. The van der Waals surface area contributed by atoms with E-state index in [-0.39, 0.29) is 0 Å². The van der Waals surface area contributed by atoms with E-state index in [4.69, 9.17) is 0 Å². The van der Waals surface area contributed by atoms with Gasteiger partial charge in [-0.05, 0) is 30.4 Å². The molecule has 1 aliphatic heterocycles. The molecule has 0 aliphatic carbocycles. The SMILES string of the molecule is C[C@H]1CCCN(c2ncnc3[nH]cc(-c4cccc5[nH]ncc45)c23)C1. The van der Waals surface area contributed by atoms with Crippen molar-refractivity contribution in [2.75, 3.05) is 18.0 Å². The van der Waals surface area contributed by atoms with E-state index in [0.29, 0.717) is 5.92 Å². The molecule has 1 atom stereocenters. The molecule has 25 heavy (non-hydrogen) atoms. The van der Waals surface area contributed by atoms with Crippen molar-refractivity contribution < 1.29 is 0 Å². The summed E-state index contributed by atoms with van der Waals surface area (Å²) >= 11 is 0. The fourth-order valence-electron chi connectivity index (χ4n) is 3.98. The molecule has 4 aromatic rings. The standard InChI is InChI=1S/C19H20N6/c1-12-4-3-7-25(10-12)19-17-15(8-20-18(17)21-11-22-19)13-5-2-6-16-14(13)9-23-24-16/h2,5-6,8-9,11-12H,3-4,7,10H2,1H3,(H,23,24)(H,20,21,22)/t12-/m0/s1. The third-order valence-electron chi connectivity index (χ3n) is 5.18. The molecule has 4 heterocycles. The van der Waals surface area contributed by atoms with E-state index in [9.17, 15) is 0 Å². The molecule has 0 radical (unpaired) electrons. The van der Waals surface area contributed by atoms with Crippen molar-refractivity contribution in [3.63, 3.8) is 0 Å². The lowest BCUT2D eigenvalue weighted by Crippen LogP contribution is -2.35. The molecular weight excluding hydrogens is 312 g/mol. The highest BCUT2D eigenvalue weighted by Gasteiger charge is 2.22. The first-order valence-corrected chi connectivity index (χ1v) is 8.81. The van der Waals surface area contributed by atoms with Gasteiger partial charge in [0.1, 0.15) is 17.8 Å². The van der Waals surface area contributed by atoms with Crippen molar-refractivity contribution in [1.29, 1.82) is 0 Å². The number of nitrogens with zero attached hydrogens (tertiary/aromatic N) is 4. The van der Waals surface area contributed by atoms with Crippen LogP contribution < -0.4 is 4.90 Å². The first-order chi connectivity index (χ1) is 12.3. The van der Waals surface area contributed by atoms with Crippen LogP contribution in [0.15, 0.2) is 36.9 Å². The Hall–Kier alpha value is -2.89. The van der Waals surface area contributed by atoms with Crippen LogP contribution in [0.4, 0.5) is 5.82 Å². The average Bonchev–Trinajstić information content (AvgIpc) is 3.28. The van der Waals surface area contributed by atoms with Gasteiger partial charge in [-0.1, -0.05) is 19.1 Å². The molecular formula is C19H20N6. The van der Waals surface area contributed by atoms with Crippen LogP contribution in [0.1, 0.15) is 19.8 Å². The molecule has 3 aromatic heterocycles. The predicted octanol–water partition coefficient (Wildman–Crippen LogP) is 3.74. The molecule has 0 bridgehead atoms. The van der Waals surface area contributed by atoms with Crippen LogP contribution in [0.25, 0.3) is 33.1 Å². The summed E-state index contributed by atoms with van der Waals surface area (Å²) in [6.07, 6.45) is 8.09. The van der Waals surface area contributed by atoms with E-state index < -0.39 is 0 Å². The van der Waals surface area contributed by atoms with Gasteiger partial charge in [0.15, 0.2) is 0 Å². The molecule has 6 heteroatoms. The number of hydrogen-bond acceptors (Lipinski definition) is 4. The highest BCUT2D eigenvalue weighted by atomic mass is 15.2. The molecule has 6 nitrogen and oxygen atoms in total. The van der Waals surface area contributed by atoms with Crippen molar-refractivity contribution in [2.24, 2.45) is 5.92 Å². The van der Waals surface area contributed by atoms with Gasteiger partial charge in [-0.15, -0.1) is 0 Å². The topological polar surface area (TPSA) is 73.5 Å². The van der Waals surface area contributed by atoms with Crippen molar-refractivity contribution in [3.05, 3.63) is 36.9 Å². The fraction of sp³-hybridized carbons (Fsp3) is 0.316. The van der Waals surface area contributed by atoms with Crippen molar-refractivity contribution >= 4 is 27.8 Å². The largest absolute Gasteiger partial charge is 0.356 e. The number of H-pyrrole nitrogens is 2. The van der Waals surface area contributed by atoms with Gasteiger partial charge in [-0.25, -0.2) is 9.97 Å². The lowest BCUT2D eigenvalue weighted by atomic mass is 9.99. The van der Waals surface area contributed by atoms with Crippen molar-refractivity contribution in [2.45, 2.75) is 19.8 Å². The van der Waals surface area contributed by atoms with E-state index in [1.54, 1.807) is 6.33 Å². The summed E-state index contributed by atoms with van der Waals surface area (Å²) in [5.74, 6) is 1.73. The molecule has 1 aliphatic rings. The monoisotopic (exact) mass is 332 g/mol. The minimum absolute atomic E-state index is 0.693. The van der Waals surface area contributed by atoms with Gasteiger partial charge < -0.3 is 9.88 Å². The number of piperidine rings is 1. The zero-order valence-electron chi connectivity index (χ0n) is 14.2. The molecule has 0 unspecified atom stereocenters. The van der Waals surface area contributed by atoms with Crippen LogP contribution in [0.2, 0.25) is 0 Å². The summed E-state index contributed by atoms with van der Waals surface area (Å²) < 4.78 is 0. The number of aromatic amines is 2. The minimum Gasteiger partial charge on any atom is -0.356 e. The number of aromatic nitrogens is 5. The van der Waals surface area contributed by atoms with Gasteiger partial charge in [0, 0.05) is 30.2 Å². The Morgan fingerprint density at radius 1 is 1.20 bits per heavy atom. The van der Waals surface area contributed by atoms with Crippen LogP contribution in [-0.4, -0.2) is 38.2 Å². The van der Waals surface area contributed by atoms with Crippen LogP contribution in [0, 0.1) is 5.92 Å². The second-order valence-electron chi connectivity index (χ2n) is 6.95. The molecule has 5 rings (SSSR count). The Morgan fingerprint density at radius 3 is 3.08 bits per heavy atom. The average molecular weight is 332 g/mol. The van der Waals surface area contributed by atoms with E-state index in [2.05, 4.69) is 49.1 Å². The van der Waals surface area contributed by atoms with Crippen molar-refractivity contribution in [1.82, 2.24) is 25.1 Å². The molecule has 0 spiro atoms. The summed E-state index contributed by atoms with van der Waals surface area (Å²) in [6.45, 7) is 4.42. The Bertz CT molecular complexity index is 1050. The van der Waals surface area contributed by atoms with E-state index in [1.807, 2.05) is 18.5 Å². The molecule has 2 N–H and O–H groups in total. The maximum atomic E-state index is 4.66. The lowest BCUT2D eigenvalue weighted by molar-refractivity contribution is 0.445. The third kappa shape index (κ3) is 2.28. The number of hydrogen-bond donors (Lipinski definition) is 2. The zero-order chi connectivity index (χ0) is 16.8. The minimum atomic E-state index is 0.693. The van der Waals surface area contributed by atoms with Crippen LogP contribution in [0.5, 0.6) is 0 Å².